The number of halogens is 1. The number of nitrogens with one attached hydrogen (secondary N) is 2. The summed E-state index contributed by atoms with van der Waals surface area (Å²) in [6.45, 7) is 0.508. The van der Waals surface area contributed by atoms with E-state index in [0.29, 0.717) is 28.8 Å². The van der Waals surface area contributed by atoms with Crippen molar-refractivity contribution in [3.63, 3.8) is 0 Å². The van der Waals surface area contributed by atoms with Gasteiger partial charge in [0.2, 0.25) is 11.6 Å². The SMILES string of the molecule is COc1cc(Cl)cc2c1n(C)c(=Nc1ccc(C3CCCCC3)cc1)n2Cc1ccc(C(=O)Nc2nnn[nH]2)cc1. The molecule has 0 bridgehead atoms. The highest BCUT2D eigenvalue weighted by Crippen LogP contribution is 2.33. The number of tetrazole rings is 1. The molecule has 2 aromatic heterocycles. The number of aromatic amines is 1. The van der Waals surface area contributed by atoms with Gasteiger partial charge in [-0.15, -0.1) is 0 Å². The lowest BCUT2D eigenvalue weighted by atomic mass is 9.84. The van der Waals surface area contributed by atoms with E-state index in [4.69, 9.17) is 21.3 Å². The minimum absolute atomic E-state index is 0.189. The number of aryl methyl sites for hydroxylation is 1. The maximum absolute atomic E-state index is 12.6. The molecule has 0 radical (unpaired) electrons. The number of anilines is 1. The fourth-order valence-electron chi connectivity index (χ4n) is 5.65. The fourth-order valence-corrected chi connectivity index (χ4v) is 5.85. The quantitative estimate of drug-likeness (QED) is 0.259. The molecule has 1 aliphatic carbocycles. The van der Waals surface area contributed by atoms with E-state index in [0.717, 1.165) is 27.9 Å². The van der Waals surface area contributed by atoms with E-state index in [1.807, 2.05) is 35.9 Å². The predicted octanol–water partition coefficient (Wildman–Crippen LogP) is 5.74. The van der Waals surface area contributed by atoms with Gasteiger partial charge in [-0.05, 0) is 70.6 Å². The summed E-state index contributed by atoms with van der Waals surface area (Å²) in [5.74, 6) is 1.20. The van der Waals surface area contributed by atoms with Gasteiger partial charge in [-0.1, -0.05) is 60.2 Å². The van der Waals surface area contributed by atoms with Gasteiger partial charge in [-0.2, -0.15) is 0 Å². The molecule has 1 saturated carbocycles. The van der Waals surface area contributed by atoms with Crippen molar-refractivity contribution in [3.8, 4) is 5.75 Å². The molecule has 5 aromatic rings. The molecule has 0 spiro atoms. The van der Waals surface area contributed by atoms with Crippen LogP contribution in [0.15, 0.2) is 65.7 Å². The van der Waals surface area contributed by atoms with Crippen LogP contribution in [-0.2, 0) is 13.6 Å². The number of carbonyl (C=O) groups excluding carboxylic acids is 1. The van der Waals surface area contributed by atoms with Crippen molar-refractivity contribution < 1.29 is 9.53 Å². The predicted molar refractivity (Wildman–Crippen MR) is 158 cm³/mol. The van der Waals surface area contributed by atoms with Crippen molar-refractivity contribution in [2.45, 2.75) is 44.6 Å². The first-order valence-corrected chi connectivity index (χ1v) is 14.1. The number of amides is 1. The summed E-state index contributed by atoms with van der Waals surface area (Å²) in [5, 5.41) is 16.4. The third kappa shape index (κ3) is 5.60. The average molecular weight is 571 g/mol. The first-order chi connectivity index (χ1) is 20.0. The Bertz CT molecular complexity index is 1730. The molecule has 1 aliphatic rings. The Hall–Kier alpha value is -4.44. The van der Waals surface area contributed by atoms with Crippen LogP contribution in [0.1, 0.15) is 59.5 Å². The minimum atomic E-state index is -0.309. The fraction of sp³-hybridized carbons (Fsp3) is 0.300. The van der Waals surface area contributed by atoms with E-state index >= 15 is 0 Å². The maximum atomic E-state index is 12.6. The van der Waals surface area contributed by atoms with Crippen LogP contribution in [0.4, 0.5) is 11.6 Å². The van der Waals surface area contributed by atoms with Gasteiger partial charge in [0.15, 0.2) is 0 Å². The molecule has 2 N–H and O–H groups in total. The molecule has 11 heteroatoms. The largest absolute Gasteiger partial charge is 0.494 e. The van der Waals surface area contributed by atoms with Crippen molar-refractivity contribution in [1.29, 1.82) is 0 Å². The molecule has 6 rings (SSSR count). The number of methoxy groups -OCH3 is 1. The Morgan fingerprint density at radius 3 is 2.54 bits per heavy atom. The zero-order chi connectivity index (χ0) is 28.3. The van der Waals surface area contributed by atoms with Crippen molar-refractivity contribution in [2.24, 2.45) is 12.0 Å². The molecule has 1 fully saturated rings. The Morgan fingerprint density at radius 1 is 1.10 bits per heavy atom. The van der Waals surface area contributed by atoms with Crippen molar-refractivity contribution in [3.05, 3.63) is 88.0 Å². The normalized spacial score (nSPS) is 14.5. The summed E-state index contributed by atoms with van der Waals surface area (Å²) in [4.78, 5) is 17.7. The Morgan fingerprint density at radius 2 is 1.85 bits per heavy atom. The van der Waals surface area contributed by atoms with E-state index in [2.05, 4.69) is 54.8 Å². The van der Waals surface area contributed by atoms with Crippen molar-refractivity contribution >= 4 is 40.2 Å². The zero-order valence-electron chi connectivity index (χ0n) is 23.0. The Kier molecular flexibility index (Phi) is 7.56. The van der Waals surface area contributed by atoms with E-state index in [9.17, 15) is 4.79 Å². The van der Waals surface area contributed by atoms with Crippen molar-refractivity contribution in [2.75, 3.05) is 12.4 Å². The average Bonchev–Trinajstić information content (AvgIpc) is 3.60. The summed E-state index contributed by atoms with van der Waals surface area (Å²) in [7, 11) is 3.62. The monoisotopic (exact) mass is 570 g/mol. The van der Waals surface area contributed by atoms with E-state index in [-0.39, 0.29) is 11.9 Å². The number of hydrogen-bond donors (Lipinski definition) is 2. The molecule has 0 atom stereocenters. The molecule has 0 unspecified atom stereocenters. The summed E-state index contributed by atoms with van der Waals surface area (Å²) < 4.78 is 9.86. The molecule has 1 amide bonds. The van der Waals surface area contributed by atoms with Gasteiger partial charge in [0, 0.05) is 23.7 Å². The number of benzene rings is 3. The summed E-state index contributed by atoms with van der Waals surface area (Å²) in [5.41, 5.74) is 6.30. The summed E-state index contributed by atoms with van der Waals surface area (Å²) >= 11 is 6.51. The van der Waals surface area contributed by atoms with E-state index in [1.54, 1.807) is 19.2 Å². The summed E-state index contributed by atoms with van der Waals surface area (Å²) in [6, 6.07) is 19.8. The highest BCUT2D eigenvalue weighted by Gasteiger charge is 2.18. The molecular weight excluding hydrogens is 540 g/mol. The summed E-state index contributed by atoms with van der Waals surface area (Å²) in [6.07, 6.45) is 6.48. The van der Waals surface area contributed by atoms with Gasteiger partial charge in [0.05, 0.1) is 24.9 Å². The second kappa shape index (κ2) is 11.6. The second-order valence-corrected chi connectivity index (χ2v) is 10.8. The van der Waals surface area contributed by atoms with Crippen molar-refractivity contribution in [1.82, 2.24) is 29.8 Å². The van der Waals surface area contributed by atoms with Gasteiger partial charge in [-0.25, -0.2) is 10.1 Å². The van der Waals surface area contributed by atoms with E-state index < -0.39 is 0 Å². The zero-order valence-corrected chi connectivity index (χ0v) is 23.7. The first-order valence-electron chi connectivity index (χ1n) is 13.7. The number of fused-ring (bicyclic) bond motifs is 1. The van der Waals surface area contributed by atoms with Crippen LogP contribution in [0, 0.1) is 0 Å². The van der Waals surface area contributed by atoms with Gasteiger partial charge < -0.3 is 13.9 Å². The van der Waals surface area contributed by atoms with Crippen LogP contribution in [0.25, 0.3) is 11.0 Å². The first kappa shape index (κ1) is 26.8. The molecule has 0 saturated heterocycles. The number of nitrogens with zero attached hydrogens (tertiary/aromatic N) is 6. The van der Waals surface area contributed by atoms with Crippen LogP contribution < -0.4 is 15.7 Å². The van der Waals surface area contributed by atoms with Crippen LogP contribution in [0.5, 0.6) is 5.75 Å². The number of H-pyrrole nitrogens is 1. The number of rotatable bonds is 7. The van der Waals surface area contributed by atoms with Gasteiger partial charge in [0.1, 0.15) is 11.3 Å². The van der Waals surface area contributed by atoms with Crippen LogP contribution in [-0.4, -0.2) is 42.8 Å². The second-order valence-electron chi connectivity index (χ2n) is 10.4. The molecule has 3 aromatic carbocycles. The van der Waals surface area contributed by atoms with Crippen LogP contribution in [0.2, 0.25) is 5.02 Å². The Balaban J connectivity index is 1.37. The highest BCUT2D eigenvalue weighted by atomic mass is 35.5. The minimum Gasteiger partial charge on any atom is -0.494 e. The highest BCUT2D eigenvalue weighted by molar-refractivity contribution is 6.31. The lowest BCUT2D eigenvalue weighted by Crippen LogP contribution is -2.24. The van der Waals surface area contributed by atoms with Gasteiger partial charge in [-0.3, -0.25) is 10.1 Å². The molecule has 0 aliphatic heterocycles. The Labute approximate surface area is 242 Å². The molecule has 10 nitrogen and oxygen atoms in total. The standard InChI is InChI=1S/C30H31ClN8O2/c1-38-27-25(16-23(31)17-26(27)41-2)39(18-19-8-10-22(11-9-19)28(40)33-29-34-36-37-35-29)30(38)32-24-14-12-21(13-15-24)20-6-4-3-5-7-20/h8-17,20H,3-7,18H2,1-2H3,(H2,33,34,35,36,37,40). The van der Waals surface area contributed by atoms with Crippen LogP contribution in [0.3, 0.4) is 0 Å². The van der Waals surface area contributed by atoms with Gasteiger partial charge in [0.25, 0.3) is 5.91 Å². The number of imidazole rings is 1. The van der Waals surface area contributed by atoms with Crippen LogP contribution >= 0.6 is 11.6 Å². The molecule has 210 valence electrons. The molecule has 41 heavy (non-hydrogen) atoms. The molecular formula is C30H31ClN8O2. The maximum Gasteiger partial charge on any atom is 0.258 e. The number of ether oxygens (including phenoxy) is 1. The topological polar surface area (TPSA) is 115 Å². The third-order valence-electron chi connectivity index (χ3n) is 7.74. The molecule has 2 heterocycles. The number of hydrogen-bond acceptors (Lipinski definition) is 6. The number of aromatic nitrogens is 6. The smallest absolute Gasteiger partial charge is 0.258 e. The lowest BCUT2D eigenvalue weighted by molar-refractivity contribution is 0.102. The third-order valence-corrected chi connectivity index (χ3v) is 7.96. The van der Waals surface area contributed by atoms with E-state index in [1.165, 1.54) is 37.7 Å². The number of carbonyl (C=O) groups is 1. The van der Waals surface area contributed by atoms with Gasteiger partial charge >= 0.3 is 0 Å². The lowest BCUT2D eigenvalue weighted by Gasteiger charge is -2.21.